The van der Waals surface area contributed by atoms with Crippen LogP contribution in [0.5, 0.6) is 5.75 Å². The molecule has 0 bridgehead atoms. The fraction of sp³-hybridized carbons (Fsp3) is 0.400. The second-order valence-corrected chi connectivity index (χ2v) is 3.50. The monoisotopic (exact) mass is 233 g/mol. The summed E-state index contributed by atoms with van der Waals surface area (Å²) in [6.45, 7) is -0.0861. The summed E-state index contributed by atoms with van der Waals surface area (Å²) in [5.74, 6) is -0.464. The summed E-state index contributed by atoms with van der Waals surface area (Å²) in [6.07, 6.45) is 0.305. The van der Waals surface area contributed by atoms with Crippen molar-refractivity contribution in [3.63, 3.8) is 0 Å². The van der Waals surface area contributed by atoms with E-state index in [1.165, 1.54) is 19.2 Å². The maximum Gasteiger partial charge on any atom is 0.165 e. The van der Waals surface area contributed by atoms with E-state index in [0.29, 0.717) is 17.0 Å². The number of ether oxygens (including phenoxy) is 1. The van der Waals surface area contributed by atoms with Crippen molar-refractivity contribution in [2.45, 2.75) is 12.5 Å². The molecule has 1 aromatic rings. The van der Waals surface area contributed by atoms with Crippen molar-refractivity contribution < 1.29 is 14.2 Å². The lowest BCUT2D eigenvalue weighted by Crippen LogP contribution is -2.14. The largest absolute Gasteiger partial charge is 0.493 e. The lowest BCUT2D eigenvalue weighted by molar-refractivity contribution is 0.274. The zero-order valence-electron chi connectivity index (χ0n) is 8.34. The Morgan fingerprint density at radius 3 is 2.80 bits per heavy atom. The van der Waals surface area contributed by atoms with Gasteiger partial charge in [0.05, 0.1) is 7.11 Å². The summed E-state index contributed by atoms with van der Waals surface area (Å²) in [6, 6.07) is 2.11. The molecule has 0 heterocycles. The van der Waals surface area contributed by atoms with Crippen molar-refractivity contribution in [2.24, 2.45) is 5.73 Å². The Labute approximate surface area is 92.6 Å². The van der Waals surface area contributed by atoms with Gasteiger partial charge in [0.2, 0.25) is 0 Å². The molecule has 0 spiro atoms. The normalized spacial score (nSPS) is 12.6. The highest BCUT2D eigenvalue weighted by Gasteiger charge is 2.18. The maximum atomic E-state index is 13.3. The molecule has 0 saturated heterocycles. The van der Waals surface area contributed by atoms with Crippen molar-refractivity contribution in [3.05, 3.63) is 28.5 Å². The van der Waals surface area contributed by atoms with Crippen LogP contribution in [0.25, 0.3) is 0 Å². The number of aliphatic hydroxyl groups is 1. The van der Waals surface area contributed by atoms with E-state index in [-0.39, 0.29) is 12.4 Å². The molecule has 1 aromatic carbocycles. The molecule has 1 unspecified atom stereocenters. The van der Waals surface area contributed by atoms with E-state index in [1.54, 1.807) is 0 Å². The average Bonchev–Trinajstić information content (AvgIpc) is 2.21. The number of benzene rings is 1. The van der Waals surface area contributed by atoms with Gasteiger partial charge in [0, 0.05) is 23.2 Å². The third-order valence-electron chi connectivity index (χ3n) is 2.11. The molecule has 0 aliphatic carbocycles. The van der Waals surface area contributed by atoms with Gasteiger partial charge in [0.15, 0.2) is 11.6 Å². The number of nitrogens with two attached hydrogens (primary N) is 1. The fourth-order valence-electron chi connectivity index (χ4n) is 1.39. The van der Waals surface area contributed by atoms with Gasteiger partial charge in [-0.25, -0.2) is 4.39 Å². The molecule has 0 aromatic heterocycles. The van der Waals surface area contributed by atoms with E-state index in [2.05, 4.69) is 0 Å². The predicted molar refractivity (Wildman–Crippen MR) is 56.6 cm³/mol. The van der Waals surface area contributed by atoms with Crippen LogP contribution in [0, 0.1) is 5.82 Å². The Hall–Kier alpha value is -0.840. The summed E-state index contributed by atoms with van der Waals surface area (Å²) >= 11 is 5.90. The molecule has 0 radical (unpaired) electrons. The zero-order chi connectivity index (χ0) is 11.4. The Balaban J connectivity index is 3.18. The third kappa shape index (κ3) is 2.59. The average molecular weight is 234 g/mol. The summed E-state index contributed by atoms with van der Waals surface area (Å²) in [5.41, 5.74) is 6.16. The van der Waals surface area contributed by atoms with Gasteiger partial charge in [-0.15, -0.1) is 0 Å². The van der Waals surface area contributed by atoms with Crippen molar-refractivity contribution >= 4 is 11.6 Å². The number of methoxy groups -OCH3 is 1. The van der Waals surface area contributed by atoms with Crippen molar-refractivity contribution in [3.8, 4) is 5.75 Å². The predicted octanol–water partition coefficient (Wildman–Crippen LogP) is 1.87. The molecular formula is C10H13ClFNO2. The Kier molecular flexibility index (Phi) is 4.32. The summed E-state index contributed by atoms with van der Waals surface area (Å²) < 4.78 is 18.2. The van der Waals surface area contributed by atoms with Crippen molar-refractivity contribution in [2.75, 3.05) is 13.7 Å². The molecule has 3 N–H and O–H groups in total. The van der Waals surface area contributed by atoms with Crippen LogP contribution >= 0.6 is 11.6 Å². The number of hydrogen-bond donors (Lipinski definition) is 2. The van der Waals surface area contributed by atoms with E-state index in [9.17, 15) is 4.39 Å². The SMILES string of the molecule is COc1c(F)ccc(Cl)c1C(N)CCO. The molecule has 0 fully saturated rings. The van der Waals surface area contributed by atoms with Gasteiger partial charge >= 0.3 is 0 Å². The highest BCUT2D eigenvalue weighted by atomic mass is 35.5. The van der Waals surface area contributed by atoms with Gasteiger partial charge in [0.25, 0.3) is 0 Å². The van der Waals surface area contributed by atoms with Gasteiger partial charge in [-0.3, -0.25) is 0 Å². The van der Waals surface area contributed by atoms with Gasteiger partial charge < -0.3 is 15.6 Å². The first-order valence-corrected chi connectivity index (χ1v) is 4.88. The molecular weight excluding hydrogens is 221 g/mol. The van der Waals surface area contributed by atoms with Gasteiger partial charge in [-0.05, 0) is 18.6 Å². The smallest absolute Gasteiger partial charge is 0.165 e. The van der Waals surface area contributed by atoms with Crippen molar-refractivity contribution in [1.82, 2.24) is 0 Å². The molecule has 3 nitrogen and oxygen atoms in total. The minimum Gasteiger partial charge on any atom is -0.493 e. The summed E-state index contributed by atoms with van der Waals surface area (Å²) in [4.78, 5) is 0. The zero-order valence-corrected chi connectivity index (χ0v) is 9.09. The Morgan fingerprint density at radius 1 is 1.60 bits per heavy atom. The molecule has 0 amide bonds. The molecule has 1 rings (SSSR count). The highest BCUT2D eigenvalue weighted by Crippen LogP contribution is 2.34. The minimum absolute atomic E-state index is 0.0449. The number of rotatable bonds is 4. The fourth-order valence-corrected chi connectivity index (χ4v) is 1.67. The van der Waals surface area contributed by atoms with Crippen LogP contribution in [0.2, 0.25) is 5.02 Å². The van der Waals surface area contributed by atoms with Crippen LogP contribution in [0.1, 0.15) is 18.0 Å². The number of hydrogen-bond acceptors (Lipinski definition) is 3. The molecule has 0 aliphatic heterocycles. The molecule has 1 atom stereocenters. The highest BCUT2D eigenvalue weighted by molar-refractivity contribution is 6.31. The van der Waals surface area contributed by atoms with Crippen molar-refractivity contribution in [1.29, 1.82) is 0 Å². The quantitative estimate of drug-likeness (QED) is 0.835. The first-order chi connectivity index (χ1) is 7.11. The minimum atomic E-state index is -0.534. The van der Waals surface area contributed by atoms with E-state index in [1.807, 2.05) is 0 Å². The van der Waals surface area contributed by atoms with Gasteiger partial charge in [-0.1, -0.05) is 11.6 Å². The summed E-state index contributed by atoms with van der Waals surface area (Å²) in [5, 5.41) is 9.11. The van der Waals surface area contributed by atoms with Crippen LogP contribution in [0.4, 0.5) is 4.39 Å². The standard InChI is InChI=1S/C10H13ClFNO2/c1-15-10-7(12)3-2-6(11)9(10)8(13)4-5-14/h2-3,8,14H,4-5,13H2,1H3. The third-order valence-corrected chi connectivity index (χ3v) is 2.44. The van der Waals surface area contributed by atoms with E-state index >= 15 is 0 Å². The Bertz CT molecular complexity index is 346. The molecule has 0 aliphatic rings. The first kappa shape index (κ1) is 12.2. The molecule has 84 valence electrons. The van der Waals surface area contributed by atoms with Crippen LogP contribution in [-0.4, -0.2) is 18.8 Å². The molecule has 15 heavy (non-hydrogen) atoms. The first-order valence-electron chi connectivity index (χ1n) is 4.50. The topological polar surface area (TPSA) is 55.5 Å². The van der Waals surface area contributed by atoms with Crippen LogP contribution in [-0.2, 0) is 0 Å². The Morgan fingerprint density at radius 2 is 2.27 bits per heavy atom. The number of halogens is 2. The van der Waals surface area contributed by atoms with Crippen LogP contribution in [0.3, 0.4) is 0 Å². The maximum absolute atomic E-state index is 13.3. The van der Waals surface area contributed by atoms with Crippen LogP contribution in [0.15, 0.2) is 12.1 Å². The molecule has 0 saturated carbocycles. The molecule has 5 heteroatoms. The van der Waals surface area contributed by atoms with Gasteiger partial charge in [0.1, 0.15) is 0 Å². The lowest BCUT2D eigenvalue weighted by atomic mass is 10.0. The van der Waals surface area contributed by atoms with E-state index in [0.717, 1.165) is 0 Å². The van der Waals surface area contributed by atoms with Crippen LogP contribution < -0.4 is 10.5 Å². The lowest BCUT2D eigenvalue weighted by Gasteiger charge is -2.16. The van der Waals surface area contributed by atoms with Gasteiger partial charge in [-0.2, -0.15) is 0 Å². The summed E-state index contributed by atoms with van der Waals surface area (Å²) in [7, 11) is 1.35. The second kappa shape index (κ2) is 5.30. The number of aliphatic hydroxyl groups excluding tert-OH is 1. The van der Waals surface area contributed by atoms with E-state index in [4.69, 9.17) is 27.2 Å². The van der Waals surface area contributed by atoms with E-state index < -0.39 is 11.9 Å². The second-order valence-electron chi connectivity index (χ2n) is 3.09.